The lowest BCUT2D eigenvalue weighted by molar-refractivity contribution is -0.385. The van der Waals surface area contributed by atoms with E-state index in [1.807, 2.05) is 6.92 Å². The van der Waals surface area contributed by atoms with Crippen molar-refractivity contribution in [2.24, 2.45) is 0 Å². The van der Waals surface area contributed by atoms with E-state index < -0.39 is 22.3 Å². The van der Waals surface area contributed by atoms with E-state index in [1.165, 1.54) is 0 Å². The number of H-pyrrole nitrogens is 1. The van der Waals surface area contributed by atoms with Gasteiger partial charge in [0.15, 0.2) is 5.82 Å². The highest BCUT2D eigenvalue weighted by Crippen LogP contribution is 2.17. The molecule has 8 heteroatoms. The third-order valence-electron chi connectivity index (χ3n) is 2.75. The SMILES string of the molecule is CCCc1cc(NC(=O)c2cc(F)cc([N+](=O)[O-])c2)n[nH]1. The van der Waals surface area contributed by atoms with Gasteiger partial charge in [-0.1, -0.05) is 13.3 Å². The van der Waals surface area contributed by atoms with Crippen LogP contribution in [0.5, 0.6) is 0 Å². The number of aryl methyl sites for hydroxylation is 1. The van der Waals surface area contributed by atoms with Crippen LogP contribution >= 0.6 is 0 Å². The van der Waals surface area contributed by atoms with Gasteiger partial charge in [-0.05, 0) is 12.5 Å². The minimum atomic E-state index is -0.844. The summed E-state index contributed by atoms with van der Waals surface area (Å²) < 4.78 is 13.3. The minimum absolute atomic E-state index is 0.137. The molecule has 0 spiro atoms. The summed E-state index contributed by atoms with van der Waals surface area (Å²) in [5.41, 5.74) is 0.244. The number of hydrogen-bond donors (Lipinski definition) is 2. The molecule has 2 N–H and O–H groups in total. The van der Waals surface area contributed by atoms with Crippen LogP contribution in [-0.2, 0) is 6.42 Å². The van der Waals surface area contributed by atoms with Crippen LogP contribution in [0.25, 0.3) is 0 Å². The summed E-state index contributed by atoms with van der Waals surface area (Å²) in [5.74, 6) is -1.22. The van der Waals surface area contributed by atoms with Crippen LogP contribution in [0.15, 0.2) is 24.3 Å². The number of anilines is 1. The lowest BCUT2D eigenvalue weighted by Crippen LogP contribution is -2.12. The number of hydrogen-bond acceptors (Lipinski definition) is 4. The van der Waals surface area contributed by atoms with Gasteiger partial charge >= 0.3 is 0 Å². The number of benzene rings is 1. The quantitative estimate of drug-likeness (QED) is 0.653. The van der Waals surface area contributed by atoms with Crippen molar-refractivity contribution >= 4 is 17.4 Å². The second-order valence-corrected chi connectivity index (χ2v) is 4.44. The zero-order valence-corrected chi connectivity index (χ0v) is 11.2. The van der Waals surface area contributed by atoms with Crippen LogP contribution in [-0.4, -0.2) is 21.0 Å². The van der Waals surface area contributed by atoms with Gasteiger partial charge in [0.05, 0.1) is 11.0 Å². The Balaban J connectivity index is 2.17. The lowest BCUT2D eigenvalue weighted by atomic mass is 10.2. The van der Waals surface area contributed by atoms with E-state index in [1.54, 1.807) is 6.07 Å². The smallest absolute Gasteiger partial charge is 0.273 e. The number of nitro groups is 1. The second kappa shape index (κ2) is 6.12. The normalized spacial score (nSPS) is 10.4. The summed E-state index contributed by atoms with van der Waals surface area (Å²) in [7, 11) is 0. The van der Waals surface area contributed by atoms with Crippen molar-refractivity contribution in [3.63, 3.8) is 0 Å². The number of aromatic nitrogens is 2. The van der Waals surface area contributed by atoms with Gasteiger partial charge in [-0.2, -0.15) is 5.10 Å². The Morgan fingerprint density at radius 1 is 1.43 bits per heavy atom. The van der Waals surface area contributed by atoms with Crippen LogP contribution in [0.3, 0.4) is 0 Å². The zero-order valence-electron chi connectivity index (χ0n) is 11.2. The molecule has 0 fully saturated rings. The Morgan fingerprint density at radius 2 is 2.19 bits per heavy atom. The number of nitrogens with zero attached hydrogens (tertiary/aromatic N) is 2. The van der Waals surface area contributed by atoms with Gasteiger partial charge in [-0.25, -0.2) is 4.39 Å². The third-order valence-corrected chi connectivity index (χ3v) is 2.75. The van der Waals surface area contributed by atoms with Crippen LogP contribution in [0, 0.1) is 15.9 Å². The number of nitro benzene ring substituents is 1. The first-order valence-corrected chi connectivity index (χ1v) is 6.30. The molecule has 21 heavy (non-hydrogen) atoms. The van der Waals surface area contributed by atoms with E-state index in [0.717, 1.165) is 36.7 Å². The van der Waals surface area contributed by atoms with Gasteiger partial charge in [-0.15, -0.1) is 0 Å². The molecule has 1 aromatic heterocycles. The van der Waals surface area contributed by atoms with Crippen molar-refractivity contribution in [2.75, 3.05) is 5.32 Å². The minimum Gasteiger partial charge on any atom is -0.305 e. The van der Waals surface area contributed by atoms with Crippen LogP contribution in [0.2, 0.25) is 0 Å². The number of carbonyl (C=O) groups excluding carboxylic acids is 1. The van der Waals surface area contributed by atoms with Gasteiger partial charge < -0.3 is 5.32 Å². The first kappa shape index (κ1) is 14.6. The molecule has 110 valence electrons. The number of halogens is 1. The van der Waals surface area contributed by atoms with E-state index in [0.29, 0.717) is 0 Å². The van der Waals surface area contributed by atoms with Crippen LogP contribution in [0.4, 0.5) is 15.9 Å². The van der Waals surface area contributed by atoms with Gasteiger partial charge in [0, 0.05) is 23.4 Å². The van der Waals surface area contributed by atoms with Gasteiger partial charge in [0.2, 0.25) is 0 Å². The maximum atomic E-state index is 13.3. The van der Waals surface area contributed by atoms with E-state index in [-0.39, 0.29) is 11.4 Å². The molecule has 0 saturated carbocycles. The summed E-state index contributed by atoms with van der Waals surface area (Å²) in [6.07, 6.45) is 1.71. The summed E-state index contributed by atoms with van der Waals surface area (Å²) in [5, 5.41) is 19.8. The van der Waals surface area contributed by atoms with Crippen LogP contribution in [0.1, 0.15) is 29.4 Å². The van der Waals surface area contributed by atoms with E-state index in [9.17, 15) is 19.3 Å². The average molecular weight is 292 g/mol. The largest absolute Gasteiger partial charge is 0.305 e. The van der Waals surface area contributed by atoms with Gasteiger partial charge in [0.1, 0.15) is 5.82 Å². The predicted octanol–water partition coefficient (Wildman–Crippen LogP) is 2.66. The van der Waals surface area contributed by atoms with Crippen molar-refractivity contribution in [3.8, 4) is 0 Å². The standard InChI is InChI=1S/C13H13FN4O3/c1-2-3-10-7-12(17-16-10)15-13(19)8-4-9(14)6-11(5-8)18(20)21/h4-7H,2-3H2,1H3,(H2,15,16,17,19). The molecule has 1 amide bonds. The molecule has 0 bridgehead atoms. The lowest BCUT2D eigenvalue weighted by Gasteiger charge is -2.02. The van der Waals surface area contributed by atoms with Crippen LogP contribution < -0.4 is 5.32 Å². The molecule has 7 nitrogen and oxygen atoms in total. The molecule has 0 aliphatic carbocycles. The molecule has 0 aliphatic rings. The molecule has 0 unspecified atom stereocenters. The fourth-order valence-corrected chi connectivity index (χ4v) is 1.82. The Hall–Kier alpha value is -2.77. The van der Waals surface area contributed by atoms with Crippen molar-refractivity contribution in [2.45, 2.75) is 19.8 Å². The third kappa shape index (κ3) is 3.62. The molecule has 2 rings (SSSR count). The summed E-state index contributed by atoms with van der Waals surface area (Å²) in [6.45, 7) is 2.00. The Bertz CT molecular complexity index is 684. The number of non-ortho nitro benzene ring substituents is 1. The van der Waals surface area contributed by atoms with E-state index in [2.05, 4.69) is 15.5 Å². The fourth-order valence-electron chi connectivity index (χ4n) is 1.82. The molecule has 0 aliphatic heterocycles. The van der Waals surface area contributed by atoms with Crippen molar-refractivity contribution in [1.29, 1.82) is 0 Å². The first-order valence-electron chi connectivity index (χ1n) is 6.30. The van der Waals surface area contributed by atoms with Gasteiger partial charge in [-0.3, -0.25) is 20.0 Å². The maximum absolute atomic E-state index is 13.3. The number of nitrogens with one attached hydrogen (secondary N) is 2. The Kier molecular flexibility index (Phi) is 4.27. The first-order chi connectivity index (χ1) is 9.99. The average Bonchev–Trinajstić information content (AvgIpc) is 2.85. The second-order valence-electron chi connectivity index (χ2n) is 4.44. The fraction of sp³-hybridized carbons (Fsp3) is 0.231. The summed E-state index contributed by atoms with van der Waals surface area (Å²) in [6, 6.07) is 4.36. The van der Waals surface area contributed by atoms with E-state index in [4.69, 9.17) is 0 Å². The summed E-state index contributed by atoms with van der Waals surface area (Å²) >= 11 is 0. The zero-order chi connectivity index (χ0) is 15.4. The van der Waals surface area contributed by atoms with Crippen molar-refractivity contribution in [1.82, 2.24) is 10.2 Å². The topological polar surface area (TPSA) is 101 Å². The number of rotatable bonds is 5. The van der Waals surface area contributed by atoms with Gasteiger partial charge in [0.25, 0.3) is 11.6 Å². The molecule has 0 radical (unpaired) electrons. The van der Waals surface area contributed by atoms with Crippen molar-refractivity contribution in [3.05, 3.63) is 51.5 Å². The Labute approximate surface area is 119 Å². The molecular formula is C13H13FN4O3. The molecule has 0 saturated heterocycles. The Morgan fingerprint density at radius 3 is 2.86 bits per heavy atom. The highest BCUT2D eigenvalue weighted by atomic mass is 19.1. The molecule has 0 atom stereocenters. The highest BCUT2D eigenvalue weighted by molar-refractivity contribution is 6.04. The maximum Gasteiger partial charge on any atom is 0.273 e. The highest BCUT2D eigenvalue weighted by Gasteiger charge is 2.15. The number of carbonyl (C=O) groups is 1. The molecule has 1 aromatic carbocycles. The number of amides is 1. The van der Waals surface area contributed by atoms with Crippen molar-refractivity contribution < 1.29 is 14.1 Å². The number of aromatic amines is 1. The summed E-state index contributed by atoms with van der Waals surface area (Å²) in [4.78, 5) is 21.8. The monoisotopic (exact) mass is 292 g/mol. The molecular weight excluding hydrogens is 279 g/mol. The predicted molar refractivity (Wildman–Crippen MR) is 73.6 cm³/mol. The molecule has 1 heterocycles. The molecule has 2 aromatic rings. The van der Waals surface area contributed by atoms with E-state index >= 15 is 0 Å².